The van der Waals surface area contributed by atoms with Crippen LogP contribution in [0.5, 0.6) is 0 Å². The van der Waals surface area contributed by atoms with Gasteiger partial charge in [0.15, 0.2) is 0 Å². The summed E-state index contributed by atoms with van der Waals surface area (Å²) in [7, 11) is 0. The zero-order valence-electron chi connectivity index (χ0n) is 10.7. The molecule has 0 radical (unpaired) electrons. The van der Waals surface area contributed by atoms with Crippen molar-refractivity contribution in [3.63, 3.8) is 0 Å². The summed E-state index contributed by atoms with van der Waals surface area (Å²) < 4.78 is 0. The number of nitrogens with one attached hydrogen (secondary N) is 1. The predicted molar refractivity (Wildman–Crippen MR) is 82.0 cm³/mol. The zero-order chi connectivity index (χ0) is 14.1. The normalized spacial score (nSPS) is 10.8. The quantitative estimate of drug-likeness (QED) is 0.742. The number of halogens is 2. The maximum absolute atomic E-state index is 6.23. The molecule has 3 nitrogen and oxygen atoms in total. The number of benzene rings is 1. The summed E-state index contributed by atoms with van der Waals surface area (Å²) in [6.45, 7) is 1.96. The van der Waals surface area contributed by atoms with Gasteiger partial charge in [-0.2, -0.15) is 0 Å². The van der Waals surface area contributed by atoms with Gasteiger partial charge >= 0.3 is 0 Å². The second-order valence-electron chi connectivity index (χ2n) is 4.42. The highest BCUT2D eigenvalue weighted by Gasteiger charge is 2.13. The number of hydrogen-bond acceptors (Lipinski definition) is 2. The third-order valence-electron chi connectivity index (χ3n) is 3.00. The van der Waals surface area contributed by atoms with Crippen LogP contribution < -0.4 is 0 Å². The monoisotopic (exact) mass is 303 g/mol. The molecule has 3 rings (SSSR count). The average molecular weight is 304 g/mol. The van der Waals surface area contributed by atoms with Gasteiger partial charge in [-0.3, -0.25) is 4.98 Å². The van der Waals surface area contributed by atoms with E-state index in [0.29, 0.717) is 10.0 Å². The van der Waals surface area contributed by atoms with E-state index in [1.807, 2.05) is 25.1 Å². The number of nitrogens with zero attached hydrogens (tertiary/aromatic N) is 2. The zero-order valence-corrected chi connectivity index (χ0v) is 12.2. The standard InChI is InChI=1S/C15H11Cl2N3/c1-9-14(12-7-11(16)4-5-13(12)17)20-15(19-9)10-3-2-6-18-8-10/h2-8H,1H3,(H,19,20). The van der Waals surface area contributed by atoms with Crippen LogP contribution in [0.25, 0.3) is 22.6 Å². The van der Waals surface area contributed by atoms with Crippen LogP contribution in [0.3, 0.4) is 0 Å². The predicted octanol–water partition coefficient (Wildman–Crippen LogP) is 4.75. The molecule has 1 N–H and O–H groups in total. The molecule has 100 valence electrons. The summed E-state index contributed by atoms with van der Waals surface area (Å²) in [5, 5.41) is 1.26. The fourth-order valence-corrected chi connectivity index (χ4v) is 2.42. The van der Waals surface area contributed by atoms with Gasteiger partial charge in [-0.25, -0.2) is 4.98 Å². The largest absolute Gasteiger partial charge is 0.341 e. The molecule has 0 aliphatic heterocycles. The van der Waals surface area contributed by atoms with E-state index in [4.69, 9.17) is 23.2 Å². The van der Waals surface area contributed by atoms with Crippen molar-refractivity contribution in [2.75, 3.05) is 0 Å². The lowest BCUT2D eigenvalue weighted by Crippen LogP contribution is -1.83. The molecule has 0 fully saturated rings. The highest BCUT2D eigenvalue weighted by atomic mass is 35.5. The molecular formula is C15H11Cl2N3. The molecule has 1 aromatic carbocycles. The first kappa shape index (κ1) is 13.2. The molecule has 0 saturated heterocycles. The van der Waals surface area contributed by atoms with Crippen molar-refractivity contribution in [1.29, 1.82) is 0 Å². The van der Waals surface area contributed by atoms with E-state index < -0.39 is 0 Å². The molecule has 0 aliphatic carbocycles. The summed E-state index contributed by atoms with van der Waals surface area (Å²) in [6.07, 6.45) is 3.50. The molecule has 20 heavy (non-hydrogen) atoms. The second-order valence-corrected chi connectivity index (χ2v) is 5.27. The van der Waals surface area contributed by atoms with Crippen LogP contribution in [0.2, 0.25) is 10.0 Å². The summed E-state index contributed by atoms with van der Waals surface area (Å²) >= 11 is 12.3. The third-order valence-corrected chi connectivity index (χ3v) is 3.57. The molecule has 5 heteroatoms. The Morgan fingerprint density at radius 3 is 2.75 bits per heavy atom. The van der Waals surface area contributed by atoms with E-state index in [1.165, 1.54) is 0 Å². The molecule has 0 spiro atoms. The fraction of sp³-hybridized carbons (Fsp3) is 0.0667. The summed E-state index contributed by atoms with van der Waals surface area (Å²) in [5.41, 5.74) is 3.49. The van der Waals surface area contributed by atoms with Crippen LogP contribution in [0.4, 0.5) is 0 Å². The first-order chi connectivity index (χ1) is 9.65. The van der Waals surface area contributed by atoms with Crippen LogP contribution in [0.15, 0.2) is 42.7 Å². The molecule has 0 atom stereocenters. The summed E-state index contributed by atoms with van der Waals surface area (Å²) in [4.78, 5) is 12.0. The first-order valence-electron chi connectivity index (χ1n) is 6.07. The minimum Gasteiger partial charge on any atom is -0.341 e. The van der Waals surface area contributed by atoms with Crippen molar-refractivity contribution in [3.05, 3.63) is 58.5 Å². The number of hydrogen-bond donors (Lipinski definition) is 1. The van der Waals surface area contributed by atoms with Crippen LogP contribution in [0, 0.1) is 6.92 Å². The number of aromatic amines is 1. The Labute approximate surface area is 126 Å². The van der Waals surface area contributed by atoms with Crippen molar-refractivity contribution in [1.82, 2.24) is 15.0 Å². The lowest BCUT2D eigenvalue weighted by atomic mass is 10.1. The van der Waals surface area contributed by atoms with E-state index in [9.17, 15) is 0 Å². The van der Waals surface area contributed by atoms with Crippen molar-refractivity contribution in [2.45, 2.75) is 6.92 Å². The number of pyridine rings is 1. The molecule has 2 heterocycles. The lowest BCUT2D eigenvalue weighted by molar-refractivity contribution is 1.23. The molecule has 0 bridgehead atoms. The number of imidazole rings is 1. The van der Waals surface area contributed by atoms with Gasteiger partial charge in [-0.1, -0.05) is 23.2 Å². The fourth-order valence-electron chi connectivity index (χ4n) is 2.04. The van der Waals surface area contributed by atoms with Gasteiger partial charge in [0.05, 0.1) is 10.7 Å². The number of rotatable bonds is 2. The maximum Gasteiger partial charge on any atom is 0.139 e. The lowest BCUT2D eigenvalue weighted by Gasteiger charge is -2.02. The van der Waals surface area contributed by atoms with Gasteiger partial charge in [0.2, 0.25) is 0 Å². The Balaban J connectivity index is 2.12. The highest BCUT2D eigenvalue weighted by Crippen LogP contribution is 2.32. The topological polar surface area (TPSA) is 41.6 Å². The molecule has 0 amide bonds. The van der Waals surface area contributed by atoms with Gasteiger partial charge in [-0.05, 0) is 37.3 Å². The average Bonchev–Trinajstić information content (AvgIpc) is 2.84. The van der Waals surface area contributed by atoms with Gasteiger partial charge in [0.1, 0.15) is 5.82 Å². The highest BCUT2D eigenvalue weighted by molar-refractivity contribution is 6.35. The number of H-pyrrole nitrogens is 1. The van der Waals surface area contributed by atoms with E-state index >= 15 is 0 Å². The molecule has 3 aromatic rings. The Hall–Kier alpha value is -1.84. The Morgan fingerprint density at radius 1 is 1.15 bits per heavy atom. The van der Waals surface area contributed by atoms with Crippen LogP contribution in [0.1, 0.15) is 5.69 Å². The number of aryl methyl sites for hydroxylation is 1. The third kappa shape index (κ3) is 2.42. The molecule has 2 aromatic heterocycles. The van der Waals surface area contributed by atoms with Crippen molar-refractivity contribution >= 4 is 23.2 Å². The van der Waals surface area contributed by atoms with Crippen molar-refractivity contribution < 1.29 is 0 Å². The van der Waals surface area contributed by atoms with Crippen LogP contribution in [-0.2, 0) is 0 Å². The summed E-state index contributed by atoms with van der Waals surface area (Å²) in [5.74, 6) is 0.765. The second kappa shape index (κ2) is 5.27. The maximum atomic E-state index is 6.23. The van der Waals surface area contributed by atoms with Crippen LogP contribution in [-0.4, -0.2) is 15.0 Å². The van der Waals surface area contributed by atoms with Crippen LogP contribution >= 0.6 is 23.2 Å². The SMILES string of the molecule is Cc1[nH]c(-c2cccnc2)nc1-c1cc(Cl)ccc1Cl. The Morgan fingerprint density at radius 2 is 2.00 bits per heavy atom. The van der Waals surface area contributed by atoms with Crippen molar-refractivity contribution in [2.24, 2.45) is 0 Å². The van der Waals surface area contributed by atoms with Gasteiger partial charge < -0.3 is 4.98 Å². The Kier molecular flexibility index (Phi) is 3.47. The van der Waals surface area contributed by atoms with E-state index in [0.717, 1.165) is 28.3 Å². The van der Waals surface area contributed by atoms with Crippen molar-refractivity contribution in [3.8, 4) is 22.6 Å². The minimum atomic E-state index is 0.627. The molecular weight excluding hydrogens is 293 g/mol. The van der Waals surface area contributed by atoms with Gasteiger partial charge in [0, 0.05) is 34.2 Å². The minimum absolute atomic E-state index is 0.627. The van der Waals surface area contributed by atoms with E-state index in [-0.39, 0.29) is 0 Å². The Bertz CT molecular complexity index is 751. The van der Waals surface area contributed by atoms with Gasteiger partial charge in [-0.15, -0.1) is 0 Å². The van der Waals surface area contributed by atoms with Gasteiger partial charge in [0.25, 0.3) is 0 Å². The summed E-state index contributed by atoms with van der Waals surface area (Å²) in [6, 6.07) is 9.18. The molecule has 0 saturated carbocycles. The van der Waals surface area contributed by atoms with E-state index in [2.05, 4.69) is 15.0 Å². The first-order valence-corrected chi connectivity index (χ1v) is 6.83. The molecule has 0 aliphatic rings. The smallest absolute Gasteiger partial charge is 0.139 e. The van der Waals surface area contributed by atoms with E-state index in [1.54, 1.807) is 24.5 Å². The number of aromatic nitrogens is 3. The molecule has 0 unspecified atom stereocenters.